The summed E-state index contributed by atoms with van der Waals surface area (Å²) in [5.41, 5.74) is 5.88. The smallest absolute Gasteiger partial charge is 0.410 e. The van der Waals surface area contributed by atoms with Crippen LogP contribution in [0.1, 0.15) is 45.4 Å². The normalized spacial score (nSPS) is 19.1. The molecule has 8 nitrogen and oxygen atoms in total. The predicted molar refractivity (Wildman–Crippen MR) is 85.0 cm³/mol. The molecule has 0 spiro atoms. The molecule has 8 heteroatoms. The highest BCUT2D eigenvalue weighted by molar-refractivity contribution is 5.68. The molecule has 124 valence electrons. The first-order valence-electron chi connectivity index (χ1n) is 7.78. The first kappa shape index (κ1) is 15.5. The third-order valence-electron chi connectivity index (χ3n) is 3.82. The second-order valence-electron chi connectivity index (χ2n) is 6.83. The number of anilines is 1. The lowest BCUT2D eigenvalue weighted by Crippen LogP contribution is -2.42. The van der Waals surface area contributed by atoms with Crippen LogP contribution in [0.2, 0.25) is 0 Å². The van der Waals surface area contributed by atoms with Crippen molar-refractivity contribution in [2.45, 2.75) is 45.1 Å². The summed E-state index contributed by atoms with van der Waals surface area (Å²) < 4.78 is 7.32. The topological polar surface area (TPSA) is 98.6 Å². The van der Waals surface area contributed by atoms with Crippen LogP contribution < -0.4 is 5.73 Å². The molecule has 1 aliphatic heterocycles. The SMILES string of the molecule is CC(C)(C)OC(=O)N1CCCC(c2nnc3c(N)nccn23)C1. The molecule has 2 aromatic rings. The van der Waals surface area contributed by atoms with E-state index in [2.05, 4.69) is 15.2 Å². The standard InChI is InChI=1S/C15H22N6O2/c1-15(2,3)23-14(22)20-7-4-5-10(9-20)12-18-19-13-11(16)17-6-8-21(12)13/h6,8,10H,4-5,7,9H2,1-3H3,(H2,16,17). The number of ether oxygens (including phenoxy) is 1. The molecule has 0 radical (unpaired) electrons. The number of nitrogens with zero attached hydrogens (tertiary/aromatic N) is 5. The highest BCUT2D eigenvalue weighted by Gasteiger charge is 2.30. The Kier molecular flexibility index (Phi) is 3.83. The summed E-state index contributed by atoms with van der Waals surface area (Å²) >= 11 is 0. The Morgan fingerprint density at radius 2 is 2.17 bits per heavy atom. The monoisotopic (exact) mass is 318 g/mol. The molecular formula is C15H22N6O2. The molecule has 1 amide bonds. The van der Waals surface area contributed by atoms with Gasteiger partial charge in [0.15, 0.2) is 5.82 Å². The van der Waals surface area contributed by atoms with Crippen LogP contribution in [0.3, 0.4) is 0 Å². The first-order chi connectivity index (χ1) is 10.8. The summed E-state index contributed by atoms with van der Waals surface area (Å²) in [6.07, 6.45) is 5.00. The van der Waals surface area contributed by atoms with Crippen LogP contribution >= 0.6 is 0 Å². The van der Waals surface area contributed by atoms with Gasteiger partial charge in [-0.1, -0.05) is 0 Å². The second kappa shape index (κ2) is 5.68. The number of likely N-dealkylation sites (tertiary alicyclic amines) is 1. The van der Waals surface area contributed by atoms with Crippen LogP contribution in [0.5, 0.6) is 0 Å². The Balaban J connectivity index is 1.80. The molecule has 3 heterocycles. The van der Waals surface area contributed by atoms with E-state index in [0.717, 1.165) is 18.7 Å². The number of amides is 1. The quantitative estimate of drug-likeness (QED) is 0.861. The van der Waals surface area contributed by atoms with Crippen molar-refractivity contribution in [1.82, 2.24) is 24.5 Å². The van der Waals surface area contributed by atoms with Gasteiger partial charge in [0.25, 0.3) is 0 Å². The van der Waals surface area contributed by atoms with Gasteiger partial charge < -0.3 is 15.4 Å². The number of carbonyl (C=O) groups is 1. The van der Waals surface area contributed by atoms with Crippen molar-refractivity contribution in [2.75, 3.05) is 18.8 Å². The highest BCUT2D eigenvalue weighted by atomic mass is 16.6. The Labute approximate surface area is 134 Å². The zero-order valence-electron chi connectivity index (χ0n) is 13.7. The molecule has 2 aromatic heterocycles. The van der Waals surface area contributed by atoms with E-state index in [0.29, 0.717) is 24.6 Å². The number of carbonyl (C=O) groups excluding carboxylic acids is 1. The van der Waals surface area contributed by atoms with Crippen LogP contribution in [0.25, 0.3) is 5.65 Å². The molecule has 1 unspecified atom stereocenters. The number of fused-ring (bicyclic) bond motifs is 1. The Bertz CT molecular complexity index is 720. The van der Waals surface area contributed by atoms with Gasteiger partial charge in [-0.05, 0) is 33.6 Å². The van der Waals surface area contributed by atoms with Gasteiger partial charge in [0.05, 0.1) is 0 Å². The van der Waals surface area contributed by atoms with Crippen LogP contribution in [0.4, 0.5) is 10.6 Å². The maximum absolute atomic E-state index is 12.3. The van der Waals surface area contributed by atoms with Crippen molar-refractivity contribution < 1.29 is 9.53 Å². The lowest BCUT2D eigenvalue weighted by Gasteiger charge is -2.33. The second-order valence-corrected chi connectivity index (χ2v) is 6.83. The van der Waals surface area contributed by atoms with Crippen LogP contribution in [0.15, 0.2) is 12.4 Å². The zero-order valence-corrected chi connectivity index (χ0v) is 13.7. The average molecular weight is 318 g/mol. The van der Waals surface area contributed by atoms with Gasteiger partial charge in [0.1, 0.15) is 11.4 Å². The minimum absolute atomic E-state index is 0.105. The van der Waals surface area contributed by atoms with Gasteiger partial charge in [-0.15, -0.1) is 10.2 Å². The average Bonchev–Trinajstić information content (AvgIpc) is 2.91. The molecule has 2 N–H and O–H groups in total. The lowest BCUT2D eigenvalue weighted by atomic mass is 9.97. The zero-order chi connectivity index (χ0) is 16.6. The fourth-order valence-electron chi connectivity index (χ4n) is 2.82. The minimum Gasteiger partial charge on any atom is -0.444 e. The third-order valence-corrected chi connectivity index (χ3v) is 3.82. The molecule has 3 rings (SSSR count). The predicted octanol–water partition coefficient (Wildman–Crippen LogP) is 1.82. The van der Waals surface area contributed by atoms with Crippen molar-refractivity contribution in [3.05, 3.63) is 18.2 Å². The van der Waals surface area contributed by atoms with Crippen LogP contribution in [-0.4, -0.2) is 49.3 Å². The van der Waals surface area contributed by atoms with Gasteiger partial charge in [-0.2, -0.15) is 0 Å². The van der Waals surface area contributed by atoms with E-state index in [1.807, 2.05) is 25.2 Å². The Hall–Kier alpha value is -2.38. The highest BCUT2D eigenvalue weighted by Crippen LogP contribution is 2.27. The van der Waals surface area contributed by atoms with Crippen molar-refractivity contribution >= 4 is 17.6 Å². The number of aromatic nitrogens is 4. The number of hydrogen-bond donors (Lipinski definition) is 1. The van der Waals surface area contributed by atoms with Gasteiger partial charge in [-0.25, -0.2) is 9.78 Å². The molecule has 23 heavy (non-hydrogen) atoms. The summed E-state index contributed by atoms with van der Waals surface area (Å²) in [7, 11) is 0. The minimum atomic E-state index is -0.494. The number of hydrogen-bond acceptors (Lipinski definition) is 6. The van der Waals surface area contributed by atoms with Gasteiger partial charge in [0, 0.05) is 31.4 Å². The van der Waals surface area contributed by atoms with E-state index in [-0.39, 0.29) is 12.0 Å². The molecule has 1 saturated heterocycles. The third kappa shape index (κ3) is 3.20. The molecule has 0 aromatic carbocycles. The summed E-state index contributed by atoms with van der Waals surface area (Å²) in [4.78, 5) is 18.0. The fourth-order valence-corrected chi connectivity index (χ4v) is 2.82. The van der Waals surface area contributed by atoms with E-state index < -0.39 is 5.60 Å². The van der Waals surface area contributed by atoms with Crippen LogP contribution in [0, 0.1) is 0 Å². The molecule has 1 atom stereocenters. The number of piperidine rings is 1. The summed E-state index contributed by atoms with van der Waals surface area (Å²) in [6.45, 7) is 6.88. The summed E-state index contributed by atoms with van der Waals surface area (Å²) in [5.74, 6) is 1.27. The van der Waals surface area contributed by atoms with Gasteiger partial charge in [0.2, 0.25) is 5.65 Å². The maximum atomic E-state index is 12.3. The van der Waals surface area contributed by atoms with Crippen molar-refractivity contribution in [2.24, 2.45) is 0 Å². The fraction of sp³-hybridized carbons (Fsp3) is 0.600. The molecule has 1 fully saturated rings. The van der Waals surface area contributed by atoms with Crippen LogP contribution in [-0.2, 0) is 4.74 Å². The number of nitrogen functional groups attached to an aromatic ring is 1. The number of rotatable bonds is 1. The summed E-state index contributed by atoms with van der Waals surface area (Å²) in [5, 5.41) is 8.38. The molecule has 0 aliphatic carbocycles. The van der Waals surface area contributed by atoms with Crippen molar-refractivity contribution in [1.29, 1.82) is 0 Å². The van der Waals surface area contributed by atoms with Gasteiger partial charge in [-0.3, -0.25) is 4.40 Å². The number of nitrogens with two attached hydrogens (primary N) is 1. The lowest BCUT2D eigenvalue weighted by molar-refractivity contribution is 0.0195. The van der Waals surface area contributed by atoms with Gasteiger partial charge >= 0.3 is 6.09 Å². The Morgan fingerprint density at radius 3 is 2.91 bits per heavy atom. The largest absolute Gasteiger partial charge is 0.444 e. The van der Waals surface area contributed by atoms with Crippen molar-refractivity contribution in [3.63, 3.8) is 0 Å². The van der Waals surface area contributed by atoms with E-state index >= 15 is 0 Å². The Morgan fingerprint density at radius 1 is 1.39 bits per heavy atom. The van der Waals surface area contributed by atoms with Crippen molar-refractivity contribution in [3.8, 4) is 0 Å². The molecule has 1 aliphatic rings. The van der Waals surface area contributed by atoms with E-state index in [4.69, 9.17) is 10.5 Å². The maximum Gasteiger partial charge on any atom is 0.410 e. The molecule has 0 saturated carbocycles. The van der Waals surface area contributed by atoms with E-state index in [9.17, 15) is 4.79 Å². The molecule has 0 bridgehead atoms. The first-order valence-corrected chi connectivity index (χ1v) is 7.78. The van der Waals surface area contributed by atoms with E-state index in [1.165, 1.54) is 0 Å². The van der Waals surface area contributed by atoms with E-state index in [1.54, 1.807) is 17.3 Å². The molecular weight excluding hydrogens is 296 g/mol. The summed E-state index contributed by atoms with van der Waals surface area (Å²) in [6, 6.07) is 0.